The lowest BCUT2D eigenvalue weighted by molar-refractivity contribution is -0.149. The molecule has 1 fully saturated rings. The van der Waals surface area contributed by atoms with Crippen LogP contribution in [0.25, 0.3) is 0 Å². The molecule has 1 saturated heterocycles. The van der Waals surface area contributed by atoms with Gasteiger partial charge in [0, 0.05) is 31.4 Å². The van der Waals surface area contributed by atoms with Gasteiger partial charge in [-0.2, -0.15) is 0 Å². The maximum Gasteiger partial charge on any atom is 0.329 e. The molecule has 1 aromatic carbocycles. The Bertz CT molecular complexity index is 829. The number of likely N-dealkylation sites (tertiary alicyclic amines) is 1. The lowest BCUT2D eigenvalue weighted by Crippen LogP contribution is -2.41. The van der Waals surface area contributed by atoms with Crippen molar-refractivity contribution < 1.29 is 14.3 Å². The standard InChI is InChI=1S/C19H20N2O4/c1-20-11-9-15(12-17(20)22)18(23)21-10-5-8-16(21)19(24)25-13-14-6-3-2-4-7-14/h2-4,6-7,9,11-12,16H,5,8,10,13H2,1H3. The molecule has 0 aliphatic carbocycles. The highest BCUT2D eigenvalue weighted by atomic mass is 16.5. The van der Waals surface area contributed by atoms with Gasteiger partial charge >= 0.3 is 5.97 Å². The van der Waals surface area contributed by atoms with Gasteiger partial charge in [-0.25, -0.2) is 4.79 Å². The third kappa shape index (κ3) is 3.79. The number of amides is 1. The number of benzene rings is 1. The van der Waals surface area contributed by atoms with Crippen molar-refractivity contribution in [2.75, 3.05) is 6.54 Å². The highest BCUT2D eigenvalue weighted by Crippen LogP contribution is 2.21. The van der Waals surface area contributed by atoms with Crippen molar-refractivity contribution in [3.63, 3.8) is 0 Å². The number of ether oxygens (including phenoxy) is 1. The first-order valence-corrected chi connectivity index (χ1v) is 8.24. The molecule has 6 nitrogen and oxygen atoms in total. The zero-order valence-electron chi connectivity index (χ0n) is 14.1. The van der Waals surface area contributed by atoms with Gasteiger partial charge in [0.1, 0.15) is 12.6 Å². The Hall–Kier alpha value is -2.89. The molecule has 1 aliphatic rings. The minimum atomic E-state index is -0.597. The van der Waals surface area contributed by atoms with E-state index >= 15 is 0 Å². The van der Waals surface area contributed by atoms with E-state index in [1.54, 1.807) is 19.3 Å². The number of aromatic nitrogens is 1. The highest BCUT2D eigenvalue weighted by Gasteiger charge is 2.35. The second-order valence-electron chi connectivity index (χ2n) is 6.11. The molecule has 0 saturated carbocycles. The first-order chi connectivity index (χ1) is 12.1. The molecule has 0 radical (unpaired) electrons. The summed E-state index contributed by atoms with van der Waals surface area (Å²) < 4.78 is 6.77. The van der Waals surface area contributed by atoms with E-state index in [0.717, 1.165) is 12.0 Å². The number of esters is 1. The van der Waals surface area contributed by atoms with Crippen molar-refractivity contribution in [1.29, 1.82) is 0 Å². The Balaban J connectivity index is 1.69. The zero-order valence-corrected chi connectivity index (χ0v) is 14.1. The second-order valence-corrected chi connectivity index (χ2v) is 6.11. The lowest BCUT2D eigenvalue weighted by Gasteiger charge is -2.23. The summed E-state index contributed by atoms with van der Waals surface area (Å²) in [6.45, 7) is 0.670. The van der Waals surface area contributed by atoms with Crippen LogP contribution in [0, 0.1) is 0 Å². The Morgan fingerprint density at radius 2 is 1.96 bits per heavy atom. The van der Waals surface area contributed by atoms with Crippen LogP contribution in [0.5, 0.6) is 0 Å². The fourth-order valence-electron chi connectivity index (χ4n) is 2.93. The molecule has 3 rings (SSSR count). The fraction of sp³-hybridized carbons (Fsp3) is 0.316. The van der Waals surface area contributed by atoms with Gasteiger partial charge in [-0.1, -0.05) is 30.3 Å². The van der Waals surface area contributed by atoms with Gasteiger partial charge in [0.05, 0.1) is 0 Å². The van der Waals surface area contributed by atoms with E-state index in [4.69, 9.17) is 4.74 Å². The summed E-state index contributed by atoms with van der Waals surface area (Å²) in [6.07, 6.45) is 2.86. The molecule has 0 bridgehead atoms. The topological polar surface area (TPSA) is 68.6 Å². The number of pyridine rings is 1. The maximum absolute atomic E-state index is 12.7. The number of aryl methyl sites for hydroxylation is 1. The van der Waals surface area contributed by atoms with Crippen LogP contribution in [-0.4, -0.2) is 33.9 Å². The summed E-state index contributed by atoms with van der Waals surface area (Å²) in [5.74, 6) is -0.713. The molecule has 2 aromatic rings. The molecule has 1 amide bonds. The Kier molecular flexibility index (Phi) is 4.97. The van der Waals surface area contributed by atoms with Crippen LogP contribution in [0.15, 0.2) is 53.5 Å². The van der Waals surface area contributed by atoms with Crippen molar-refractivity contribution >= 4 is 11.9 Å². The van der Waals surface area contributed by atoms with Gasteiger partial charge in [-0.3, -0.25) is 9.59 Å². The Morgan fingerprint density at radius 1 is 1.20 bits per heavy atom. The summed E-state index contributed by atoms with van der Waals surface area (Å²) in [6, 6.07) is 11.7. The second kappa shape index (κ2) is 7.34. The normalized spacial score (nSPS) is 16.7. The van der Waals surface area contributed by atoms with Crippen LogP contribution < -0.4 is 5.56 Å². The summed E-state index contributed by atoms with van der Waals surface area (Å²) in [5, 5.41) is 0. The van der Waals surface area contributed by atoms with Gasteiger partial charge in [-0.05, 0) is 24.5 Å². The highest BCUT2D eigenvalue weighted by molar-refractivity contribution is 5.97. The van der Waals surface area contributed by atoms with Gasteiger partial charge in [-0.15, -0.1) is 0 Å². The third-order valence-electron chi connectivity index (χ3n) is 4.36. The van der Waals surface area contributed by atoms with Crippen molar-refractivity contribution in [2.24, 2.45) is 7.05 Å². The molecule has 130 valence electrons. The fourth-order valence-corrected chi connectivity index (χ4v) is 2.93. The van der Waals surface area contributed by atoms with E-state index in [1.165, 1.54) is 15.5 Å². The van der Waals surface area contributed by atoms with Crippen LogP contribution >= 0.6 is 0 Å². The van der Waals surface area contributed by atoms with E-state index in [9.17, 15) is 14.4 Å². The number of hydrogen-bond donors (Lipinski definition) is 0. The SMILES string of the molecule is Cn1ccc(C(=O)N2CCCC2C(=O)OCc2ccccc2)cc1=O. The molecule has 6 heteroatoms. The van der Waals surface area contributed by atoms with Crippen LogP contribution in [0.2, 0.25) is 0 Å². The largest absolute Gasteiger partial charge is 0.459 e. The molecule has 1 unspecified atom stereocenters. The number of hydrogen-bond acceptors (Lipinski definition) is 4. The summed E-state index contributed by atoms with van der Waals surface area (Å²) in [7, 11) is 1.62. The molecule has 1 aromatic heterocycles. The van der Waals surface area contributed by atoms with E-state index in [-0.39, 0.29) is 18.1 Å². The van der Waals surface area contributed by atoms with E-state index in [1.807, 2.05) is 30.3 Å². The lowest BCUT2D eigenvalue weighted by atomic mass is 10.2. The van der Waals surface area contributed by atoms with Gasteiger partial charge in [0.25, 0.3) is 11.5 Å². The monoisotopic (exact) mass is 340 g/mol. The average Bonchev–Trinajstić information content (AvgIpc) is 3.12. The number of rotatable bonds is 4. The van der Waals surface area contributed by atoms with Crippen molar-refractivity contribution in [1.82, 2.24) is 9.47 Å². The molecule has 1 aliphatic heterocycles. The smallest absolute Gasteiger partial charge is 0.329 e. The molecule has 1 atom stereocenters. The van der Waals surface area contributed by atoms with Crippen LogP contribution in [0.3, 0.4) is 0 Å². The predicted octanol–water partition coefficient (Wildman–Crippen LogP) is 1.73. The molecular formula is C19H20N2O4. The van der Waals surface area contributed by atoms with E-state index in [0.29, 0.717) is 18.5 Å². The number of carbonyl (C=O) groups is 2. The predicted molar refractivity (Wildman–Crippen MR) is 92.0 cm³/mol. The summed E-state index contributed by atoms with van der Waals surface area (Å²) in [5.41, 5.74) is 0.942. The van der Waals surface area contributed by atoms with Crippen LogP contribution in [0.4, 0.5) is 0 Å². The summed E-state index contributed by atoms with van der Waals surface area (Å²) >= 11 is 0. The van der Waals surface area contributed by atoms with E-state index < -0.39 is 12.0 Å². The first-order valence-electron chi connectivity index (χ1n) is 8.24. The Labute approximate surface area is 145 Å². The third-order valence-corrected chi connectivity index (χ3v) is 4.36. The maximum atomic E-state index is 12.7. The van der Waals surface area contributed by atoms with Gasteiger partial charge in [0.15, 0.2) is 0 Å². The van der Waals surface area contributed by atoms with Crippen LogP contribution in [0.1, 0.15) is 28.8 Å². The number of nitrogens with zero attached hydrogens (tertiary/aromatic N) is 2. The first kappa shape index (κ1) is 17.0. The van der Waals surface area contributed by atoms with Crippen molar-refractivity contribution in [2.45, 2.75) is 25.5 Å². The zero-order chi connectivity index (χ0) is 17.8. The van der Waals surface area contributed by atoms with Crippen molar-refractivity contribution in [3.05, 3.63) is 70.1 Å². The molecule has 2 heterocycles. The number of carbonyl (C=O) groups excluding carboxylic acids is 2. The minimum Gasteiger partial charge on any atom is -0.459 e. The van der Waals surface area contributed by atoms with Crippen LogP contribution in [-0.2, 0) is 23.2 Å². The quantitative estimate of drug-likeness (QED) is 0.795. The summed E-state index contributed by atoms with van der Waals surface area (Å²) in [4.78, 5) is 38.3. The molecular weight excluding hydrogens is 320 g/mol. The average molecular weight is 340 g/mol. The Morgan fingerprint density at radius 3 is 2.68 bits per heavy atom. The van der Waals surface area contributed by atoms with Gasteiger partial charge < -0.3 is 14.2 Å². The molecule has 0 spiro atoms. The minimum absolute atomic E-state index is 0.185. The molecule has 0 N–H and O–H groups in total. The van der Waals surface area contributed by atoms with E-state index in [2.05, 4.69) is 0 Å². The molecule has 25 heavy (non-hydrogen) atoms. The van der Waals surface area contributed by atoms with Gasteiger partial charge in [0.2, 0.25) is 0 Å². The van der Waals surface area contributed by atoms with Crippen molar-refractivity contribution in [3.8, 4) is 0 Å².